The summed E-state index contributed by atoms with van der Waals surface area (Å²) in [5.41, 5.74) is 3.41. The van der Waals surface area contributed by atoms with Crippen LogP contribution in [0.3, 0.4) is 0 Å². The van der Waals surface area contributed by atoms with E-state index in [0.29, 0.717) is 0 Å². The third-order valence-electron chi connectivity index (χ3n) is 4.43. The molecule has 0 fully saturated rings. The van der Waals surface area contributed by atoms with Gasteiger partial charge in [0.15, 0.2) is 0 Å². The van der Waals surface area contributed by atoms with E-state index in [2.05, 4.69) is 36.4 Å². The number of hydrogen-bond donors (Lipinski definition) is 0. The zero-order chi connectivity index (χ0) is 18.4. The fraction of sp³-hybridized carbons (Fsp3) is 0.174. The molecular weight excluding hydrogens is 340 g/mol. The second-order valence-electron chi connectivity index (χ2n) is 6.06. The van der Waals surface area contributed by atoms with Crippen LogP contribution in [0, 0.1) is 0 Å². The summed E-state index contributed by atoms with van der Waals surface area (Å²) in [4.78, 5) is 12.2. The Balaban J connectivity index is 2.26. The van der Waals surface area contributed by atoms with E-state index in [9.17, 15) is 4.79 Å². The first-order chi connectivity index (χ1) is 12.7. The van der Waals surface area contributed by atoms with Crippen molar-refractivity contribution in [2.24, 2.45) is 0 Å². The van der Waals surface area contributed by atoms with E-state index in [-0.39, 0.29) is 11.2 Å². The summed E-state index contributed by atoms with van der Waals surface area (Å²) in [5, 5.41) is -0.319. The molecule has 3 aromatic rings. The summed E-state index contributed by atoms with van der Waals surface area (Å²) >= 11 is 1.61. The second-order valence-corrected chi connectivity index (χ2v) is 7.62. The monoisotopic (exact) mass is 362 g/mol. The minimum absolute atomic E-state index is 0.220. The summed E-state index contributed by atoms with van der Waals surface area (Å²) in [6.07, 6.45) is 0. The van der Waals surface area contributed by atoms with Gasteiger partial charge in [0.25, 0.3) is 0 Å². The van der Waals surface area contributed by atoms with E-state index in [4.69, 9.17) is 4.74 Å². The molecular formula is C23H22O2S. The molecule has 0 aromatic heterocycles. The predicted molar refractivity (Wildman–Crippen MR) is 108 cm³/mol. The van der Waals surface area contributed by atoms with Crippen LogP contribution in [0.25, 0.3) is 0 Å². The van der Waals surface area contributed by atoms with Gasteiger partial charge in [-0.25, -0.2) is 0 Å². The van der Waals surface area contributed by atoms with Crippen LogP contribution in [-0.4, -0.2) is 18.3 Å². The van der Waals surface area contributed by atoms with Gasteiger partial charge in [0.05, 0.1) is 11.9 Å². The first kappa shape index (κ1) is 18.3. The summed E-state index contributed by atoms with van der Waals surface area (Å²) < 4.78 is 4.50. The van der Waals surface area contributed by atoms with Crippen LogP contribution in [0.1, 0.15) is 23.6 Å². The van der Waals surface area contributed by atoms with Crippen molar-refractivity contribution in [1.82, 2.24) is 0 Å². The van der Waals surface area contributed by atoms with Gasteiger partial charge in [0.1, 0.15) is 5.25 Å². The Labute approximate surface area is 159 Å². The third-order valence-corrected chi connectivity index (χ3v) is 6.03. The maximum atomic E-state index is 12.2. The Morgan fingerprint density at radius 2 is 1.12 bits per heavy atom. The smallest absolute Gasteiger partial charge is 0.318 e. The van der Waals surface area contributed by atoms with Gasteiger partial charge in [-0.2, -0.15) is 0 Å². The average Bonchev–Trinajstić information content (AvgIpc) is 2.73. The minimum Gasteiger partial charge on any atom is -0.468 e. The van der Waals surface area contributed by atoms with Crippen molar-refractivity contribution in [1.29, 1.82) is 0 Å². The molecule has 26 heavy (non-hydrogen) atoms. The van der Waals surface area contributed by atoms with Gasteiger partial charge >= 0.3 is 5.97 Å². The molecule has 1 atom stereocenters. The molecule has 0 N–H and O–H groups in total. The quantitative estimate of drug-likeness (QED) is 0.441. The Morgan fingerprint density at radius 3 is 1.42 bits per heavy atom. The lowest BCUT2D eigenvalue weighted by molar-refractivity contribution is -0.139. The first-order valence-electron chi connectivity index (χ1n) is 8.60. The fourth-order valence-electron chi connectivity index (χ4n) is 3.20. The molecule has 0 saturated carbocycles. The molecule has 0 bridgehead atoms. The number of carbonyl (C=O) groups excluding carboxylic acids is 1. The largest absolute Gasteiger partial charge is 0.468 e. The highest BCUT2D eigenvalue weighted by Crippen LogP contribution is 2.50. The third kappa shape index (κ3) is 3.54. The van der Waals surface area contributed by atoms with Crippen molar-refractivity contribution in [3.63, 3.8) is 0 Å². The summed E-state index contributed by atoms with van der Waals surface area (Å²) in [5.74, 6) is -0.220. The maximum absolute atomic E-state index is 12.2. The molecule has 2 nitrogen and oxygen atoms in total. The molecule has 0 aliphatic carbocycles. The molecule has 0 aliphatic heterocycles. The molecule has 0 saturated heterocycles. The molecule has 0 aliphatic rings. The highest BCUT2D eigenvalue weighted by molar-refractivity contribution is 8.01. The van der Waals surface area contributed by atoms with Gasteiger partial charge < -0.3 is 4.74 Å². The second kappa shape index (κ2) is 8.24. The van der Waals surface area contributed by atoms with Crippen molar-refractivity contribution in [3.05, 3.63) is 108 Å². The predicted octanol–water partition coefficient (Wildman–Crippen LogP) is 5.27. The maximum Gasteiger partial charge on any atom is 0.318 e. The lowest BCUT2D eigenvalue weighted by atomic mass is 9.84. The molecule has 0 radical (unpaired) electrons. The molecule has 3 rings (SSSR count). The number of esters is 1. The van der Waals surface area contributed by atoms with Gasteiger partial charge in [0.2, 0.25) is 0 Å². The molecule has 132 valence electrons. The number of ether oxygens (including phenoxy) is 1. The number of carbonyl (C=O) groups is 1. The van der Waals surface area contributed by atoms with Crippen LogP contribution < -0.4 is 0 Å². The summed E-state index contributed by atoms with van der Waals surface area (Å²) in [6, 6.07) is 31.0. The number of thioether (sulfide) groups is 1. The zero-order valence-corrected chi connectivity index (χ0v) is 15.8. The number of benzene rings is 3. The molecule has 3 aromatic carbocycles. The zero-order valence-electron chi connectivity index (χ0n) is 15.0. The van der Waals surface area contributed by atoms with Crippen molar-refractivity contribution in [2.75, 3.05) is 7.11 Å². The topological polar surface area (TPSA) is 26.3 Å². The van der Waals surface area contributed by atoms with Gasteiger partial charge in [-0.15, -0.1) is 11.8 Å². The van der Waals surface area contributed by atoms with Crippen molar-refractivity contribution < 1.29 is 9.53 Å². The van der Waals surface area contributed by atoms with Gasteiger partial charge in [-0.3, -0.25) is 4.79 Å². The first-order valence-corrected chi connectivity index (χ1v) is 9.48. The number of methoxy groups -OCH3 is 1. The van der Waals surface area contributed by atoms with Gasteiger partial charge in [0, 0.05) is 0 Å². The highest BCUT2D eigenvalue weighted by atomic mass is 32.2. The Morgan fingerprint density at radius 1 is 0.769 bits per heavy atom. The van der Waals surface area contributed by atoms with Crippen LogP contribution in [0.5, 0.6) is 0 Å². The van der Waals surface area contributed by atoms with Crippen molar-refractivity contribution in [2.45, 2.75) is 16.9 Å². The number of hydrogen-bond acceptors (Lipinski definition) is 3. The van der Waals surface area contributed by atoms with E-state index in [0.717, 1.165) is 16.7 Å². The van der Waals surface area contributed by atoms with E-state index < -0.39 is 4.75 Å². The standard InChI is InChI=1S/C23H22O2S/c1-18(22(24)25-2)26-23(19-12-6-3-7-13-19,20-14-8-4-9-15-20)21-16-10-5-11-17-21/h3-18H,1-2H3/t18-/m0/s1. The van der Waals surface area contributed by atoms with Crippen LogP contribution in [0.15, 0.2) is 91.0 Å². The van der Waals surface area contributed by atoms with E-state index in [1.807, 2.05) is 61.5 Å². The molecule has 0 unspecified atom stereocenters. The van der Waals surface area contributed by atoms with E-state index in [1.54, 1.807) is 11.8 Å². The molecule has 3 heteroatoms. The Kier molecular flexibility index (Phi) is 5.79. The Hall–Kier alpha value is -2.52. The van der Waals surface area contributed by atoms with Gasteiger partial charge in [-0.1, -0.05) is 91.0 Å². The van der Waals surface area contributed by atoms with Crippen LogP contribution >= 0.6 is 11.8 Å². The van der Waals surface area contributed by atoms with Crippen LogP contribution in [0.4, 0.5) is 0 Å². The van der Waals surface area contributed by atoms with Crippen molar-refractivity contribution >= 4 is 17.7 Å². The lowest BCUT2D eigenvalue weighted by Crippen LogP contribution is -2.30. The minimum atomic E-state index is -0.503. The lowest BCUT2D eigenvalue weighted by Gasteiger charge is -2.36. The van der Waals surface area contributed by atoms with Crippen LogP contribution in [0.2, 0.25) is 0 Å². The van der Waals surface area contributed by atoms with E-state index in [1.165, 1.54) is 7.11 Å². The summed E-state index contributed by atoms with van der Waals surface area (Å²) in [6.45, 7) is 1.90. The molecule has 0 spiro atoms. The summed E-state index contributed by atoms with van der Waals surface area (Å²) in [7, 11) is 1.44. The van der Waals surface area contributed by atoms with Crippen molar-refractivity contribution in [3.8, 4) is 0 Å². The SMILES string of the molecule is COC(=O)[C@H](C)SC(c1ccccc1)(c1ccccc1)c1ccccc1. The average molecular weight is 362 g/mol. The number of rotatable bonds is 6. The normalized spacial score (nSPS) is 12.4. The van der Waals surface area contributed by atoms with Gasteiger partial charge in [-0.05, 0) is 23.6 Å². The Bertz CT molecular complexity index is 735. The van der Waals surface area contributed by atoms with E-state index >= 15 is 0 Å². The van der Waals surface area contributed by atoms with Crippen LogP contribution in [-0.2, 0) is 14.3 Å². The fourth-order valence-corrected chi connectivity index (χ4v) is 4.74. The highest BCUT2D eigenvalue weighted by Gasteiger charge is 2.40. The molecule has 0 heterocycles. The molecule has 0 amide bonds.